The number of carbonyl (C=O) groups excluding carboxylic acids is 1. The number of hydrogen-bond donors (Lipinski definition) is 1. The number of likely N-dealkylation sites (tertiary alicyclic amines) is 1. The predicted octanol–water partition coefficient (Wildman–Crippen LogP) is 3.18. The van der Waals surface area contributed by atoms with E-state index in [-0.39, 0.29) is 35.7 Å². The van der Waals surface area contributed by atoms with Crippen molar-refractivity contribution < 1.29 is 9.18 Å². The molecule has 2 aliphatic rings. The molecule has 1 aliphatic carbocycles. The normalized spacial score (nSPS) is 23.3. The molecular weight excluding hydrogens is 291 g/mol. The van der Waals surface area contributed by atoms with Crippen LogP contribution < -0.4 is 5.73 Å². The van der Waals surface area contributed by atoms with Crippen molar-refractivity contribution in [3.63, 3.8) is 0 Å². The molecule has 1 atom stereocenters. The van der Waals surface area contributed by atoms with E-state index in [4.69, 9.17) is 5.73 Å². The van der Waals surface area contributed by atoms with Gasteiger partial charge < -0.3 is 10.6 Å². The van der Waals surface area contributed by atoms with E-state index in [0.717, 1.165) is 44.2 Å². The summed E-state index contributed by atoms with van der Waals surface area (Å²) in [5.41, 5.74) is 6.93. The van der Waals surface area contributed by atoms with Crippen LogP contribution in [0.15, 0.2) is 24.3 Å². The molecule has 1 heterocycles. The Kier molecular flexibility index (Phi) is 4.89. The number of rotatable bonds is 3. The minimum atomic E-state index is -0.271. The molecule has 5 heteroatoms. The van der Waals surface area contributed by atoms with Gasteiger partial charge in [-0.25, -0.2) is 4.39 Å². The maximum atomic E-state index is 13.0. The molecule has 1 aromatic carbocycles. The smallest absolute Gasteiger partial charge is 0.224 e. The van der Waals surface area contributed by atoms with E-state index in [1.165, 1.54) is 12.1 Å². The molecule has 2 N–H and O–H groups in total. The average Bonchev–Trinajstić information content (AvgIpc) is 2.87. The molecule has 116 valence electrons. The van der Waals surface area contributed by atoms with E-state index >= 15 is 0 Å². The Balaban J connectivity index is 0.00000161. The van der Waals surface area contributed by atoms with Gasteiger partial charge in [-0.2, -0.15) is 0 Å². The molecule has 1 saturated carbocycles. The number of hydrogen-bond acceptors (Lipinski definition) is 2. The first kappa shape index (κ1) is 16.2. The van der Waals surface area contributed by atoms with Gasteiger partial charge in [0.15, 0.2) is 0 Å². The van der Waals surface area contributed by atoms with Crippen LogP contribution in [-0.2, 0) is 4.79 Å². The van der Waals surface area contributed by atoms with Crippen molar-refractivity contribution in [3.8, 4) is 0 Å². The number of nitrogens with zero attached hydrogens (tertiary/aromatic N) is 1. The summed E-state index contributed by atoms with van der Waals surface area (Å²) in [4.78, 5) is 14.4. The molecule has 0 radical (unpaired) electrons. The van der Waals surface area contributed by atoms with Gasteiger partial charge in [0.05, 0.1) is 6.04 Å². The molecule has 0 spiro atoms. The molecule has 0 aromatic heterocycles. The van der Waals surface area contributed by atoms with Crippen molar-refractivity contribution in [2.75, 3.05) is 6.54 Å². The first-order valence-corrected chi connectivity index (χ1v) is 7.41. The largest absolute Gasteiger partial charge is 0.336 e. The van der Waals surface area contributed by atoms with Crippen molar-refractivity contribution in [2.45, 2.75) is 50.1 Å². The molecular formula is C16H22ClFN2O. The van der Waals surface area contributed by atoms with E-state index < -0.39 is 0 Å². The highest BCUT2D eigenvalue weighted by Gasteiger charge is 2.38. The Labute approximate surface area is 131 Å². The second kappa shape index (κ2) is 6.32. The lowest BCUT2D eigenvalue weighted by atomic mass is 9.75. The van der Waals surface area contributed by atoms with Gasteiger partial charge in [-0.3, -0.25) is 4.79 Å². The van der Waals surface area contributed by atoms with Crippen molar-refractivity contribution in [1.82, 2.24) is 4.90 Å². The van der Waals surface area contributed by atoms with E-state index in [0.29, 0.717) is 6.42 Å². The monoisotopic (exact) mass is 312 g/mol. The minimum Gasteiger partial charge on any atom is -0.336 e. The summed E-state index contributed by atoms with van der Waals surface area (Å²) in [6, 6.07) is 6.59. The summed E-state index contributed by atoms with van der Waals surface area (Å²) >= 11 is 0. The Morgan fingerprint density at radius 3 is 2.52 bits per heavy atom. The Hall–Kier alpha value is -1.13. The van der Waals surface area contributed by atoms with Gasteiger partial charge in [-0.15, -0.1) is 12.4 Å². The molecule has 1 saturated heterocycles. The fraction of sp³-hybridized carbons (Fsp3) is 0.562. The van der Waals surface area contributed by atoms with Crippen LogP contribution in [-0.4, -0.2) is 22.9 Å². The quantitative estimate of drug-likeness (QED) is 0.931. The Bertz CT molecular complexity index is 502. The molecule has 0 bridgehead atoms. The Morgan fingerprint density at radius 2 is 1.95 bits per heavy atom. The van der Waals surface area contributed by atoms with Crippen molar-refractivity contribution in [1.29, 1.82) is 0 Å². The summed E-state index contributed by atoms with van der Waals surface area (Å²) in [5.74, 6) is -0.0842. The number of amides is 1. The third-order valence-electron chi connectivity index (χ3n) is 4.68. The van der Waals surface area contributed by atoms with E-state index in [2.05, 4.69) is 0 Å². The fourth-order valence-corrected chi connectivity index (χ4v) is 3.31. The zero-order valence-electron chi connectivity index (χ0n) is 12.1. The molecule has 3 rings (SSSR count). The van der Waals surface area contributed by atoms with E-state index in [1.807, 2.05) is 4.90 Å². The van der Waals surface area contributed by atoms with Crippen LogP contribution >= 0.6 is 12.4 Å². The van der Waals surface area contributed by atoms with Gasteiger partial charge >= 0.3 is 0 Å². The zero-order valence-corrected chi connectivity index (χ0v) is 12.9. The van der Waals surface area contributed by atoms with Gasteiger partial charge in [-0.1, -0.05) is 12.1 Å². The van der Waals surface area contributed by atoms with Gasteiger partial charge in [0.2, 0.25) is 5.91 Å². The van der Waals surface area contributed by atoms with Crippen LogP contribution in [0.2, 0.25) is 0 Å². The third-order valence-corrected chi connectivity index (χ3v) is 4.68. The fourth-order valence-electron chi connectivity index (χ4n) is 3.31. The molecule has 3 nitrogen and oxygen atoms in total. The molecule has 21 heavy (non-hydrogen) atoms. The lowest BCUT2D eigenvalue weighted by Gasteiger charge is -2.39. The van der Waals surface area contributed by atoms with Gasteiger partial charge in [0.1, 0.15) is 5.82 Å². The van der Waals surface area contributed by atoms with Crippen LogP contribution in [0.25, 0.3) is 0 Å². The highest BCUT2D eigenvalue weighted by Crippen LogP contribution is 2.36. The summed E-state index contributed by atoms with van der Waals surface area (Å²) in [6.07, 6.45) is 5.44. The van der Waals surface area contributed by atoms with E-state index in [1.54, 1.807) is 12.1 Å². The second-order valence-electron chi connectivity index (χ2n) is 6.19. The number of nitrogens with two attached hydrogens (primary N) is 1. The molecule has 1 aromatic rings. The van der Waals surface area contributed by atoms with Crippen LogP contribution in [0.5, 0.6) is 0 Å². The number of carbonyl (C=O) groups is 1. The van der Waals surface area contributed by atoms with Crippen molar-refractivity contribution in [2.24, 2.45) is 5.73 Å². The zero-order chi connectivity index (χ0) is 14.2. The first-order chi connectivity index (χ1) is 9.57. The maximum absolute atomic E-state index is 13.0. The summed E-state index contributed by atoms with van der Waals surface area (Å²) in [5, 5.41) is 0. The number of benzene rings is 1. The maximum Gasteiger partial charge on any atom is 0.224 e. The van der Waals surface area contributed by atoms with Crippen LogP contribution in [0, 0.1) is 5.82 Å². The minimum absolute atomic E-state index is 0. The van der Waals surface area contributed by atoms with Crippen LogP contribution in [0.1, 0.15) is 50.1 Å². The van der Waals surface area contributed by atoms with Gasteiger partial charge in [0.25, 0.3) is 0 Å². The van der Waals surface area contributed by atoms with Gasteiger partial charge in [-0.05, 0) is 49.8 Å². The summed E-state index contributed by atoms with van der Waals surface area (Å²) < 4.78 is 13.0. The highest BCUT2D eigenvalue weighted by atomic mass is 35.5. The molecule has 1 amide bonds. The highest BCUT2D eigenvalue weighted by molar-refractivity contribution is 5.85. The van der Waals surface area contributed by atoms with Crippen molar-refractivity contribution in [3.05, 3.63) is 35.6 Å². The number of halogens is 2. The van der Waals surface area contributed by atoms with E-state index in [9.17, 15) is 9.18 Å². The Morgan fingerprint density at radius 1 is 1.29 bits per heavy atom. The molecule has 1 unspecified atom stereocenters. The third kappa shape index (κ3) is 3.38. The van der Waals surface area contributed by atoms with Gasteiger partial charge in [0, 0.05) is 18.5 Å². The standard InChI is InChI=1S/C16H21FN2O.ClH/c17-13-6-4-12(5-7-13)14-3-1-10-19(14)15(20)11-16(18)8-2-9-16;/h4-7,14H,1-3,8-11,18H2;1H. The van der Waals surface area contributed by atoms with Crippen LogP contribution in [0.3, 0.4) is 0 Å². The second-order valence-corrected chi connectivity index (χ2v) is 6.19. The molecule has 1 aliphatic heterocycles. The summed E-state index contributed by atoms with van der Waals surface area (Å²) in [6.45, 7) is 0.789. The lowest BCUT2D eigenvalue weighted by molar-refractivity contribution is -0.134. The lowest BCUT2D eigenvalue weighted by Crippen LogP contribution is -2.50. The SMILES string of the molecule is Cl.NC1(CC(=O)N2CCCC2c2ccc(F)cc2)CCC1. The van der Waals surface area contributed by atoms with Crippen molar-refractivity contribution >= 4 is 18.3 Å². The molecule has 2 fully saturated rings. The topological polar surface area (TPSA) is 46.3 Å². The first-order valence-electron chi connectivity index (χ1n) is 7.41. The predicted molar refractivity (Wildman–Crippen MR) is 82.7 cm³/mol. The average molecular weight is 313 g/mol. The summed E-state index contributed by atoms with van der Waals surface area (Å²) in [7, 11) is 0. The van der Waals surface area contributed by atoms with Crippen LogP contribution in [0.4, 0.5) is 4.39 Å².